The van der Waals surface area contributed by atoms with Crippen LogP contribution in [0.4, 0.5) is 0 Å². The Morgan fingerprint density at radius 3 is 3.25 bits per heavy atom. The van der Waals surface area contributed by atoms with Crippen molar-refractivity contribution in [2.75, 3.05) is 24.6 Å². The van der Waals surface area contributed by atoms with E-state index >= 15 is 0 Å². The maximum atomic E-state index is 4.38. The minimum Gasteiger partial charge on any atom is -0.330 e. The number of nitrogens with zero attached hydrogens (tertiary/aromatic N) is 2. The van der Waals surface area contributed by atoms with Crippen LogP contribution in [0.5, 0.6) is 0 Å². The van der Waals surface area contributed by atoms with Crippen LogP contribution in [0.1, 0.15) is 31.5 Å². The molecule has 1 aromatic rings. The zero-order chi connectivity index (χ0) is 11.0. The molecule has 2 unspecified atom stereocenters. The summed E-state index contributed by atoms with van der Waals surface area (Å²) in [6.45, 7) is 4.60. The van der Waals surface area contributed by atoms with Crippen LogP contribution in [-0.2, 0) is 5.41 Å². The molecule has 88 valence electrons. The van der Waals surface area contributed by atoms with E-state index in [1.54, 1.807) is 0 Å². The molecule has 0 amide bonds. The number of aromatic nitrogens is 2. The lowest BCUT2D eigenvalue weighted by Gasteiger charge is -2.26. The lowest BCUT2D eigenvalue weighted by Crippen LogP contribution is -2.29. The number of hydrogen-bond donors (Lipinski definition) is 1. The molecule has 4 heteroatoms. The third-order valence-electron chi connectivity index (χ3n) is 3.95. The van der Waals surface area contributed by atoms with Crippen LogP contribution in [0.15, 0.2) is 12.5 Å². The van der Waals surface area contributed by atoms with Crippen molar-refractivity contribution >= 4 is 11.8 Å². The Labute approximate surface area is 101 Å². The summed E-state index contributed by atoms with van der Waals surface area (Å²) in [7, 11) is 0. The van der Waals surface area contributed by atoms with Gasteiger partial charge in [0, 0.05) is 35.6 Å². The smallest absolute Gasteiger partial charge is 0.0951 e. The molecule has 0 spiro atoms. The standard InChI is InChI=1S/C12H19N3S/c1-12(3-4-13-8-12)11-6-14-9-15(11)10-2-5-16-7-10/h6,9-10,13H,2-5,7-8H2,1H3. The maximum absolute atomic E-state index is 4.38. The normalized spacial score (nSPS) is 34.7. The third kappa shape index (κ3) is 1.68. The first kappa shape index (κ1) is 10.7. The molecule has 1 aromatic heterocycles. The second-order valence-electron chi connectivity index (χ2n) is 5.19. The van der Waals surface area contributed by atoms with Crippen LogP contribution in [0.3, 0.4) is 0 Å². The largest absolute Gasteiger partial charge is 0.330 e. The highest BCUT2D eigenvalue weighted by Crippen LogP contribution is 2.35. The SMILES string of the molecule is CC1(c2cncn2C2CCSC2)CCNC1. The van der Waals surface area contributed by atoms with Crippen molar-refractivity contribution in [1.29, 1.82) is 0 Å². The fourth-order valence-corrected chi connectivity index (χ4v) is 4.04. The van der Waals surface area contributed by atoms with Gasteiger partial charge in [-0.15, -0.1) is 0 Å². The van der Waals surface area contributed by atoms with Gasteiger partial charge >= 0.3 is 0 Å². The van der Waals surface area contributed by atoms with Gasteiger partial charge in [-0.3, -0.25) is 0 Å². The monoisotopic (exact) mass is 237 g/mol. The summed E-state index contributed by atoms with van der Waals surface area (Å²) in [6, 6.07) is 0.680. The van der Waals surface area contributed by atoms with E-state index in [2.05, 4.69) is 39.8 Å². The second-order valence-corrected chi connectivity index (χ2v) is 6.34. The molecule has 0 aromatic carbocycles. The molecule has 0 aliphatic carbocycles. The van der Waals surface area contributed by atoms with Gasteiger partial charge in [0.2, 0.25) is 0 Å². The van der Waals surface area contributed by atoms with E-state index in [1.165, 1.54) is 30.0 Å². The second kappa shape index (κ2) is 4.08. The van der Waals surface area contributed by atoms with Crippen molar-refractivity contribution < 1.29 is 0 Å². The predicted octanol–water partition coefficient (Wildman–Crippen LogP) is 1.81. The van der Waals surface area contributed by atoms with Crippen molar-refractivity contribution in [3.63, 3.8) is 0 Å². The lowest BCUT2D eigenvalue weighted by atomic mass is 9.86. The molecular weight excluding hydrogens is 218 g/mol. The summed E-state index contributed by atoms with van der Waals surface area (Å²) in [5.74, 6) is 2.56. The Morgan fingerprint density at radius 2 is 2.56 bits per heavy atom. The maximum Gasteiger partial charge on any atom is 0.0951 e. The molecule has 3 nitrogen and oxygen atoms in total. The van der Waals surface area contributed by atoms with Crippen molar-refractivity contribution in [3.8, 4) is 0 Å². The zero-order valence-corrected chi connectivity index (χ0v) is 10.6. The summed E-state index contributed by atoms with van der Waals surface area (Å²) >= 11 is 2.07. The molecule has 0 bridgehead atoms. The van der Waals surface area contributed by atoms with E-state index in [0.717, 1.165) is 13.1 Å². The number of hydrogen-bond acceptors (Lipinski definition) is 3. The summed E-state index contributed by atoms with van der Waals surface area (Å²) in [5.41, 5.74) is 1.73. The first-order valence-electron chi connectivity index (χ1n) is 6.10. The molecule has 2 aliphatic rings. The van der Waals surface area contributed by atoms with E-state index < -0.39 is 0 Å². The molecular formula is C12H19N3S. The highest BCUT2D eigenvalue weighted by molar-refractivity contribution is 7.99. The highest BCUT2D eigenvalue weighted by atomic mass is 32.2. The van der Waals surface area contributed by atoms with Gasteiger partial charge in [0.1, 0.15) is 0 Å². The molecule has 1 N–H and O–H groups in total. The highest BCUT2D eigenvalue weighted by Gasteiger charge is 2.35. The van der Waals surface area contributed by atoms with Crippen LogP contribution >= 0.6 is 11.8 Å². The van der Waals surface area contributed by atoms with Gasteiger partial charge in [0.25, 0.3) is 0 Å². The van der Waals surface area contributed by atoms with Crippen molar-refractivity contribution in [2.24, 2.45) is 0 Å². The first-order valence-corrected chi connectivity index (χ1v) is 7.26. The molecule has 2 atom stereocenters. The number of nitrogens with one attached hydrogen (secondary N) is 1. The van der Waals surface area contributed by atoms with Crippen LogP contribution < -0.4 is 5.32 Å². The third-order valence-corrected chi connectivity index (χ3v) is 5.10. The first-order chi connectivity index (χ1) is 7.80. The summed E-state index contributed by atoms with van der Waals surface area (Å²) in [5, 5.41) is 3.47. The van der Waals surface area contributed by atoms with Gasteiger partial charge in [-0.1, -0.05) is 6.92 Å². The van der Waals surface area contributed by atoms with Crippen LogP contribution in [0, 0.1) is 0 Å². The van der Waals surface area contributed by atoms with E-state index in [9.17, 15) is 0 Å². The van der Waals surface area contributed by atoms with Gasteiger partial charge < -0.3 is 9.88 Å². The molecule has 2 saturated heterocycles. The Bertz CT molecular complexity index is 362. The van der Waals surface area contributed by atoms with Gasteiger partial charge in [-0.25, -0.2) is 4.98 Å². The Balaban J connectivity index is 1.92. The molecule has 3 rings (SSSR count). The molecule has 16 heavy (non-hydrogen) atoms. The predicted molar refractivity (Wildman–Crippen MR) is 68.0 cm³/mol. The van der Waals surface area contributed by atoms with E-state index in [1.807, 2.05) is 6.33 Å². The van der Waals surface area contributed by atoms with Crippen LogP contribution in [0.2, 0.25) is 0 Å². The van der Waals surface area contributed by atoms with Crippen molar-refractivity contribution in [1.82, 2.24) is 14.9 Å². The molecule has 0 saturated carbocycles. The van der Waals surface area contributed by atoms with E-state index in [-0.39, 0.29) is 0 Å². The number of thioether (sulfide) groups is 1. The van der Waals surface area contributed by atoms with Crippen molar-refractivity contribution in [3.05, 3.63) is 18.2 Å². The fourth-order valence-electron chi connectivity index (χ4n) is 2.84. The minimum atomic E-state index is 0.295. The molecule has 3 heterocycles. The van der Waals surface area contributed by atoms with Crippen molar-refractivity contribution in [2.45, 2.75) is 31.2 Å². The van der Waals surface area contributed by atoms with E-state index in [4.69, 9.17) is 0 Å². The average molecular weight is 237 g/mol. The Morgan fingerprint density at radius 1 is 1.62 bits per heavy atom. The summed E-state index contributed by atoms with van der Waals surface area (Å²) in [6.07, 6.45) is 6.65. The molecule has 2 aliphatic heterocycles. The summed E-state index contributed by atoms with van der Waals surface area (Å²) < 4.78 is 2.44. The van der Waals surface area contributed by atoms with Gasteiger partial charge in [0.05, 0.1) is 6.33 Å². The van der Waals surface area contributed by atoms with E-state index in [0.29, 0.717) is 11.5 Å². The number of imidazole rings is 1. The molecule has 0 radical (unpaired) electrons. The van der Waals surface area contributed by atoms with Crippen LogP contribution in [-0.4, -0.2) is 34.1 Å². The van der Waals surface area contributed by atoms with Gasteiger partial charge in [0.15, 0.2) is 0 Å². The number of rotatable bonds is 2. The minimum absolute atomic E-state index is 0.295. The van der Waals surface area contributed by atoms with Gasteiger partial charge in [-0.05, 0) is 25.1 Å². The molecule has 2 fully saturated rings. The fraction of sp³-hybridized carbons (Fsp3) is 0.750. The Kier molecular flexibility index (Phi) is 2.72. The van der Waals surface area contributed by atoms with Gasteiger partial charge in [-0.2, -0.15) is 11.8 Å². The topological polar surface area (TPSA) is 29.9 Å². The Hall–Kier alpha value is -0.480. The lowest BCUT2D eigenvalue weighted by molar-refractivity contribution is 0.441. The quantitative estimate of drug-likeness (QED) is 0.851. The van der Waals surface area contributed by atoms with Crippen LogP contribution in [0.25, 0.3) is 0 Å². The average Bonchev–Trinajstić information content (AvgIpc) is 2.98. The summed E-state index contributed by atoms with van der Waals surface area (Å²) in [4.78, 5) is 4.38. The zero-order valence-electron chi connectivity index (χ0n) is 9.78.